The third kappa shape index (κ3) is 5.09. The monoisotopic (exact) mass is 445 g/mol. The number of carbonyl (C=O) groups is 1. The lowest BCUT2D eigenvalue weighted by Crippen LogP contribution is -2.14. The largest absolute Gasteiger partial charge is 0.494 e. The van der Waals surface area contributed by atoms with E-state index in [0.717, 1.165) is 17.0 Å². The Morgan fingerprint density at radius 2 is 1.72 bits per heavy atom. The Bertz CT molecular complexity index is 1180. The Morgan fingerprint density at radius 3 is 2.41 bits per heavy atom. The normalized spacial score (nSPS) is 10.7. The third-order valence-electron chi connectivity index (χ3n) is 4.60. The molecular weight excluding hydrogens is 422 g/mol. The molecule has 3 N–H and O–H groups in total. The number of para-hydroxylation sites is 1. The molecule has 4 aromatic rings. The maximum atomic E-state index is 12.5. The van der Waals surface area contributed by atoms with Crippen LogP contribution in [0.15, 0.2) is 84.0 Å². The van der Waals surface area contributed by atoms with Crippen LogP contribution in [0.4, 0.5) is 11.4 Å². The smallest absolute Gasteiger partial charge is 0.234 e. The van der Waals surface area contributed by atoms with Crippen molar-refractivity contribution in [1.82, 2.24) is 14.8 Å². The lowest BCUT2D eigenvalue weighted by atomic mass is 10.2. The van der Waals surface area contributed by atoms with Crippen molar-refractivity contribution >= 4 is 29.0 Å². The Kier molecular flexibility index (Phi) is 6.72. The second kappa shape index (κ2) is 10.0. The van der Waals surface area contributed by atoms with Gasteiger partial charge in [-0.15, -0.1) is 10.2 Å². The zero-order valence-corrected chi connectivity index (χ0v) is 18.4. The average Bonchev–Trinajstić information content (AvgIpc) is 3.24. The first-order valence-electron chi connectivity index (χ1n) is 10.2. The number of hydrogen-bond donors (Lipinski definition) is 2. The molecule has 0 fully saturated rings. The molecule has 0 saturated heterocycles. The number of nitrogen functional groups attached to an aromatic ring is 1. The van der Waals surface area contributed by atoms with E-state index < -0.39 is 0 Å². The Labute approximate surface area is 190 Å². The number of carbonyl (C=O) groups excluding carboxylic acids is 1. The van der Waals surface area contributed by atoms with Crippen LogP contribution >= 0.6 is 11.8 Å². The molecule has 0 bridgehead atoms. The summed E-state index contributed by atoms with van der Waals surface area (Å²) < 4.78 is 7.37. The molecule has 1 amide bonds. The fraction of sp³-hybridized carbons (Fsp3) is 0.125. The highest BCUT2D eigenvalue weighted by molar-refractivity contribution is 7.99. The van der Waals surface area contributed by atoms with Crippen molar-refractivity contribution in [2.75, 3.05) is 23.4 Å². The number of aromatic nitrogens is 3. The lowest BCUT2D eigenvalue weighted by Gasteiger charge is -2.11. The highest BCUT2D eigenvalue weighted by Crippen LogP contribution is 2.28. The van der Waals surface area contributed by atoms with E-state index in [2.05, 4.69) is 15.5 Å². The molecule has 0 aliphatic heterocycles. The van der Waals surface area contributed by atoms with Gasteiger partial charge in [-0.05, 0) is 67.6 Å². The van der Waals surface area contributed by atoms with E-state index in [0.29, 0.717) is 29.0 Å². The molecule has 1 aromatic heterocycles. The topological polar surface area (TPSA) is 95.1 Å². The first-order chi connectivity index (χ1) is 15.6. The summed E-state index contributed by atoms with van der Waals surface area (Å²) in [5, 5.41) is 12.3. The van der Waals surface area contributed by atoms with Crippen LogP contribution in [0.3, 0.4) is 0 Å². The second-order valence-electron chi connectivity index (χ2n) is 6.89. The van der Waals surface area contributed by atoms with Crippen molar-refractivity contribution in [2.24, 2.45) is 0 Å². The number of nitrogens with zero attached hydrogens (tertiary/aromatic N) is 3. The summed E-state index contributed by atoms with van der Waals surface area (Å²) in [5.41, 5.74) is 9.03. The van der Waals surface area contributed by atoms with Gasteiger partial charge in [0.1, 0.15) is 5.75 Å². The molecule has 0 atom stereocenters. The summed E-state index contributed by atoms with van der Waals surface area (Å²) in [6.07, 6.45) is 0. The number of nitrogens with one attached hydrogen (secondary N) is 1. The summed E-state index contributed by atoms with van der Waals surface area (Å²) in [5.74, 6) is 1.52. The van der Waals surface area contributed by atoms with Gasteiger partial charge in [0.15, 0.2) is 11.0 Å². The number of ether oxygens (including phenoxy) is 1. The summed E-state index contributed by atoms with van der Waals surface area (Å²) in [4.78, 5) is 12.5. The molecule has 7 nitrogen and oxygen atoms in total. The first-order valence-corrected chi connectivity index (χ1v) is 11.1. The number of amides is 1. The van der Waals surface area contributed by atoms with Crippen molar-refractivity contribution in [1.29, 1.82) is 0 Å². The van der Waals surface area contributed by atoms with Crippen LogP contribution in [0.25, 0.3) is 17.1 Å². The van der Waals surface area contributed by atoms with Gasteiger partial charge in [-0.25, -0.2) is 0 Å². The van der Waals surface area contributed by atoms with E-state index in [-0.39, 0.29) is 11.7 Å². The highest BCUT2D eigenvalue weighted by Gasteiger charge is 2.17. The molecule has 162 valence electrons. The maximum absolute atomic E-state index is 12.5. The standard InChI is InChI=1S/C24H23N5O2S/c1-2-31-21-14-12-19(13-15-21)26-22(30)16-32-24-28-27-23(17-8-10-18(25)11-9-17)29(24)20-6-4-3-5-7-20/h3-15H,2,16,25H2,1H3,(H,26,30). The summed E-state index contributed by atoms with van der Waals surface area (Å²) in [6.45, 7) is 2.53. The SMILES string of the molecule is CCOc1ccc(NC(=O)CSc2nnc(-c3ccc(N)cc3)n2-c2ccccc2)cc1. The van der Waals surface area contributed by atoms with E-state index in [4.69, 9.17) is 10.5 Å². The molecule has 4 rings (SSSR count). The number of benzene rings is 3. The molecule has 8 heteroatoms. The lowest BCUT2D eigenvalue weighted by molar-refractivity contribution is -0.113. The number of anilines is 2. The van der Waals surface area contributed by atoms with Crippen molar-refractivity contribution < 1.29 is 9.53 Å². The van der Waals surface area contributed by atoms with Crippen LogP contribution < -0.4 is 15.8 Å². The second-order valence-corrected chi connectivity index (χ2v) is 7.84. The quantitative estimate of drug-likeness (QED) is 0.303. The van der Waals surface area contributed by atoms with Gasteiger partial charge in [-0.1, -0.05) is 30.0 Å². The van der Waals surface area contributed by atoms with Crippen LogP contribution in [-0.2, 0) is 4.79 Å². The van der Waals surface area contributed by atoms with Crippen molar-refractivity contribution in [3.63, 3.8) is 0 Å². The van der Waals surface area contributed by atoms with Gasteiger partial charge in [-0.3, -0.25) is 9.36 Å². The summed E-state index contributed by atoms with van der Waals surface area (Å²) in [6, 6.07) is 24.6. The number of thioether (sulfide) groups is 1. The van der Waals surface area contributed by atoms with E-state index in [1.165, 1.54) is 11.8 Å². The molecular formula is C24H23N5O2S. The molecule has 1 heterocycles. The summed E-state index contributed by atoms with van der Waals surface area (Å²) >= 11 is 1.33. The average molecular weight is 446 g/mol. The highest BCUT2D eigenvalue weighted by atomic mass is 32.2. The summed E-state index contributed by atoms with van der Waals surface area (Å²) in [7, 11) is 0. The van der Waals surface area contributed by atoms with Crippen LogP contribution in [-0.4, -0.2) is 33.0 Å². The fourth-order valence-corrected chi connectivity index (χ4v) is 3.87. The van der Waals surface area contributed by atoms with Gasteiger partial charge >= 0.3 is 0 Å². The molecule has 0 saturated carbocycles. The molecule has 0 aliphatic rings. The zero-order valence-electron chi connectivity index (χ0n) is 17.6. The van der Waals surface area contributed by atoms with Crippen LogP contribution in [0, 0.1) is 0 Å². The fourth-order valence-electron chi connectivity index (χ4n) is 3.12. The van der Waals surface area contributed by atoms with Gasteiger partial charge in [0.05, 0.1) is 12.4 Å². The Morgan fingerprint density at radius 1 is 1.00 bits per heavy atom. The van der Waals surface area contributed by atoms with Gasteiger partial charge in [-0.2, -0.15) is 0 Å². The molecule has 0 spiro atoms. The third-order valence-corrected chi connectivity index (χ3v) is 5.53. The minimum atomic E-state index is -0.129. The van der Waals surface area contributed by atoms with Gasteiger partial charge < -0.3 is 15.8 Å². The maximum Gasteiger partial charge on any atom is 0.234 e. The van der Waals surface area contributed by atoms with Crippen molar-refractivity contribution in [2.45, 2.75) is 12.1 Å². The van der Waals surface area contributed by atoms with E-state index in [1.54, 1.807) is 0 Å². The van der Waals surface area contributed by atoms with Crippen LogP contribution in [0.5, 0.6) is 5.75 Å². The number of rotatable bonds is 8. The Hall–Kier alpha value is -3.78. The molecule has 32 heavy (non-hydrogen) atoms. The van der Waals surface area contributed by atoms with Crippen molar-refractivity contribution in [3.8, 4) is 22.8 Å². The minimum Gasteiger partial charge on any atom is -0.494 e. The number of nitrogens with two attached hydrogens (primary N) is 1. The van der Waals surface area contributed by atoms with Crippen LogP contribution in [0.1, 0.15) is 6.92 Å². The van der Waals surface area contributed by atoms with E-state index in [1.807, 2.05) is 90.4 Å². The molecule has 3 aromatic carbocycles. The first kappa shape index (κ1) is 21.5. The predicted molar refractivity (Wildman–Crippen MR) is 128 cm³/mol. The van der Waals surface area contributed by atoms with E-state index >= 15 is 0 Å². The molecule has 0 radical (unpaired) electrons. The Balaban J connectivity index is 1.52. The minimum absolute atomic E-state index is 0.129. The molecule has 0 unspecified atom stereocenters. The predicted octanol–water partition coefficient (Wildman–Crippen LogP) is 4.65. The van der Waals surface area contributed by atoms with Gasteiger partial charge in [0, 0.05) is 22.6 Å². The molecule has 0 aliphatic carbocycles. The van der Waals surface area contributed by atoms with Crippen LogP contribution in [0.2, 0.25) is 0 Å². The van der Waals surface area contributed by atoms with Gasteiger partial charge in [0.25, 0.3) is 0 Å². The van der Waals surface area contributed by atoms with Gasteiger partial charge in [0.2, 0.25) is 5.91 Å². The van der Waals surface area contributed by atoms with E-state index in [9.17, 15) is 4.79 Å². The van der Waals surface area contributed by atoms with Crippen molar-refractivity contribution in [3.05, 3.63) is 78.9 Å². The number of hydrogen-bond acceptors (Lipinski definition) is 6. The zero-order chi connectivity index (χ0) is 22.3.